The van der Waals surface area contributed by atoms with Gasteiger partial charge < -0.3 is 5.32 Å². The highest BCUT2D eigenvalue weighted by Crippen LogP contribution is 2.11. The zero-order chi connectivity index (χ0) is 14.0. The maximum absolute atomic E-state index is 13.1. The van der Waals surface area contributed by atoms with E-state index in [-0.39, 0.29) is 5.91 Å². The van der Waals surface area contributed by atoms with Gasteiger partial charge >= 0.3 is 5.69 Å². The van der Waals surface area contributed by atoms with Gasteiger partial charge in [0.25, 0.3) is 5.56 Å². The van der Waals surface area contributed by atoms with Crippen LogP contribution in [0.3, 0.4) is 0 Å². The number of aromatic amines is 1. The average molecular weight is 263 g/mol. The second-order valence-corrected chi connectivity index (χ2v) is 3.83. The average Bonchev–Trinajstić information content (AvgIpc) is 2.34. The lowest BCUT2D eigenvalue weighted by atomic mass is 10.2. The third-order valence-electron chi connectivity index (χ3n) is 2.36. The Labute approximate surface area is 106 Å². The minimum absolute atomic E-state index is 0.222. The lowest BCUT2D eigenvalue weighted by molar-refractivity contribution is -0.114. The zero-order valence-corrected chi connectivity index (χ0v) is 9.94. The number of amides is 1. The topological polar surface area (TPSA) is 84.0 Å². The van der Waals surface area contributed by atoms with Gasteiger partial charge in [0.15, 0.2) is 0 Å². The van der Waals surface area contributed by atoms with Crippen LogP contribution in [0.1, 0.15) is 6.92 Å². The molecule has 0 saturated heterocycles. The second-order valence-electron chi connectivity index (χ2n) is 3.83. The van der Waals surface area contributed by atoms with E-state index in [1.54, 1.807) is 12.1 Å². The van der Waals surface area contributed by atoms with Crippen LogP contribution in [0.25, 0.3) is 5.69 Å². The molecular formula is C12H10FN3O3. The molecule has 98 valence electrons. The number of carbonyl (C=O) groups is 1. The quantitative estimate of drug-likeness (QED) is 0.833. The Morgan fingerprint density at radius 2 is 1.89 bits per heavy atom. The van der Waals surface area contributed by atoms with Gasteiger partial charge in [-0.05, 0) is 24.3 Å². The van der Waals surface area contributed by atoms with Crippen molar-refractivity contribution in [3.8, 4) is 5.69 Å². The number of carbonyl (C=O) groups excluding carboxylic acids is 1. The van der Waals surface area contributed by atoms with Crippen LogP contribution in [-0.2, 0) is 4.79 Å². The Morgan fingerprint density at radius 3 is 2.47 bits per heavy atom. The maximum Gasteiger partial charge on any atom is 0.333 e. The number of nitrogens with one attached hydrogen (secondary N) is 2. The lowest BCUT2D eigenvalue weighted by Gasteiger charge is -2.06. The Kier molecular flexibility index (Phi) is 3.28. The molecule has 1 amide bonds. The molecular weight excluding hydrogens is 253 g/mol. The summed E-state index contributed by atoms with van der Waals surface area (Å²) in [4.78, 5) is 35.1. The number of rotatable bonds is 2. The van der Waals surface area contributed by atoms with Crippen molar-refractivity contribution in [3.05, 3.63) is 57.1 Å². The molecule has 0 bridgehead atoms. The highest BCUT2D eigenvalue weighted by atomic mass is 19.1. The van der Waals surface area contributed by atoms with Gasteiger partial charge in [0.1, 0.15) is 0 Å². The third kappa shape index (κ3) is 2.76. The molecule has 0 spiro atoms. The lowest BCUT2D eigenvalue weighted by Crippen LogP contribution is -2.30. The van der Waals surface area contributed by atoms with Crippen molar-refractivity contribution >= 4 is 11.6 Å². The maximum atomic E-state index is 13.1. The predicted octanol–water partition coefficient (Wildman–Crippen LogP) is 0.623. The van der Waals surface area contributed by atoms with Crippen molar-refractivity contribution in [1.29, 1.82) is 0 Å². The monoisotopic (exact) mass is 263 g/mol. The number of halogens is 1. The molecule has 0 radical (unpaired) electrons. The molecule has 1 aromatic heterocycles. The van der Waals surface area contributed by atoms with Crippen LogP contribution in [-0.4, -0.2) is 15.5 Å². The summed E-state index contributed by atoms with van der Waals surface area (Å²) >= 11 is 0. The highest BCUT2D eigenvalue weighted by molar-refractivity contribution is 5.88. The number of hydrogen-bond donors (Lipinski definition) is 2. The van der Waals surface area contributed by atoms with Gasteiger partial charge in [-0.3, -0.25) is 19.1 Å². The number of aromatic nitrogens is 2. The molecule has 0 aliphatic rings. The first-order valence-electron chi connectivity index (χ1n) is 5.37. The van der Waals surface area contributed by atoms with Crippen LogP contribution in [0.5, 0.6) is 0 Å². The SMILES string of the molecule is CC(=O)Nc1ccc(-n2cc(F)c(=O)[nH]c2=O)cc1. The van der Waals surface area contributed by atoms with Gasteiger partial charge in [0.05, 0.1) is 11.9 Å². The molecule has 2 N–H and O–H groups in total. The van der Waals surface area contributed by atoms with Crippen LogP contribution < -0.4 is 16.6 Å². The summed E-state index contributed by atoms with van der Waals surface area (Å²) in [5.74, 6) is -1.27. The van der Waals surface area contributed by atoms with E-state index in [0.717, 1.165) is 10.8 Å². The molecule has 0 aliphatic heterocycles. The fourth-order valence-corrected chi connectivity index (χ4v) is 1.55. The van der Waals surface area contributed by atoms with Gasteiger partial charge in [-0.25, -0.2) is 4.79 Å². The molecule has 0 atom stereocenters. The first kappa shape index (κ1) is 12.7. The largest absolute Gasteiger partial charge is 0.333 e. The number of nitrogens with zero attached hydrogens (tertiary/aromatic N) is 1. The standard InChI is InChI=1S/C12H10FN3O3/c1-7(17)14-8-2-4-9(5-3-8)16-6-10(13)11(18)15-12(16)19/h2-6H,1H3,(H,14,17)(H,15,18,19). The highest BCUT2D eigenvalue weighted by Gasteiger charge is 2.05. The van der Waals surface area contributed by atoms with E-state index in [1.165, 1.54) is 19.1 Å². The van der Waals surface area contributed by atoms with Gasteiger partial charge in [0.2, 0.25) is 11.7 Å². The Bertz CT molecular complexity index is 731. The van der Waals surface area contributed by atoms with E-state index >= 15 is 0 Å². The molecule has 1 aromatic carbocycles. The third-order valence-corrected chi connectivity index (χ3v) is 2.36. The molecule has 1 heterocycles. The Hall–Kier alpha value is -2.70. The van der Waals surface area contributed by atoms with Crippen LogP contribution in [0, 0.1) is 5.82 Å². The molecule has 7 heteroatoms. The number of anilines is 1. The van der Waals surface area contributed by atoms with Crippen molar-refractivity contribution in [2.75, 3.05) is 5.32 Å². The van der Waals surface area contributed by atoms with E-state index in [4.69, 9.17) is 0 Å². The van der Waals surface area contributed by atoms with E-state index in [1.807, 2.05) is 4.98 Å². The minimum Gasteiger partial charge on any atom is -0.326 e. The molecule has 19 heavy (non-hydrogen) atoms. The molecule has 0 saturated carbocycles. The second kappa shape index (κ2) is 4.89. The fraction of sp³-hybridized carbons (Fsp3) is 0.0833. The number of H-pyrrole nitrogens is 1. The molecule has 2 aromatic rings. The Balaban J connectivity index is 2.43. The summed E-state index contributed by atoms with van der Waals surface area (Å²) in [7, 11) is 0. The van der Waals surface area contributed by atoms with Crippen molar-refractivity contribution in [2.45, 2.75) is 6.92 Å². The zero-order valence-electron chi connectivity index (χ0n) is 9.94. The van der Waals surface area contributed by atoms with E-state index in [0.29, 0.717) is 11.4 Å². The van der Waals surface area contributed by atoms with E-state index in [2.05, 4.69) is 5.32 Å². The minimum atomic E-state index is -1.06. The van der Waals surface area contributed by atoms with Gasteiger partial charge in [-0.2, -0.15) is 4.39 Å². The van der Waals surface area contributed by atoms with Gasteiger partial charge in [0, 0.05) is 12.6 Å². The van der Waals surface area contributed by atoms with E-state index in [9.17, 15) is 18.8 Å². The first-order valence-corrected chi connectivity index (χ1v) is 5.37. The molecule has 0 fully saturated rings. The van der Waals surface area contributed by atoms with Crippen molar-refractivity contribution in [2.24, 2.45) is 0 Å². The summed E-state index contributed by atoms with van der Waals surface area (Å²) in [5, 5.41) is 2.56. The van der Waals surface area contributed by atoms with E-state index < -0.39 is 17.1 Å². The smallest absolute Gasteiger partial charge is 0.326 e. The molecule has 0 aliphatic carbocycles. The number of hydrogen-bond acceptors (Lipinski definition) is 3. The summed E-state index contributed by atoms with van der Waals surface area (Å²) in [5.41, 5.74) is -0.877. The molecule has 2 rings (SSSR count). The van der Waals surface area contributed by atoms with Crippen LogP contribution >= 0.6 is 0 Å². The van der Waals surface area contributed by atoms with Gasteiger partial charge in [-0.15, -0.1) is 0 Å². The summed E-state index contributed by atoms with van der Waals surface area (Å²) in [6.45, 7) is 1.37. The van der Waals surface area contributed by atoms with Crippen LogP contribution in [0.15, 0.2) is 40.1 Å². The Morgan fingerprint density at radius 1 is 1.26 bits per heavy atom. The normalized spacial score (nSPS) is 10.2. The fourth-order valence-electron chi connectivity index (χ4n) is 1.55. The van der Waals surface area contributed by atoms with Crippen molar-refractivity contribution in [3.63, 3.8) is 0 Å². The van der Waals surface area contributed by atoms with Crippen molar-refractivity contribution in [1.82, 2.24) is 9.55 Å². The first-order chi connectivity index (χ1) is 8.97. The summed E-state index contributed by atoms with van der Waals surface area (Å²) in [6, 6.07) is 6.16. The number of benzene rings is 1. The van der Waals surface area contributed by atoms with Crippen molar-refractivity contribution < 1.29 is 9.18 Å². The molecule has 0 unspecified atom stereocenters. The summed E-state index contributed by atoms with van der Waals surface area (Å²) < 4.78 is 14.1. The summed E-state index contributed by atoms with van der Waals surface area (Å²) in [6.07, 6.45) is 0.814. The van der Waals surface area contributed by atoms with Gasteiger partial charge in [-0.1, -0.05) is 0 Å². The van der Waals surface area contributed by atoms with Crippen LogP contribution in [0.4, 0.5) is 10.1 Å². The molecule has 6 nitrogen and oxygen atoms in total. The van der Waals surface area contributed by atoms with Crippen LogP contribution in [0.2, 0.25) is 0 Å². The predicted molar refractivity (Wildman–Crippen MR) is 66.9 cm³/mol.